The summed E-state index contributed by atoms with van der Waals surface area (Å²) < 4.78 is 27.0. The van der Waals surface area contributed by atoms with Gasteiger partial charge in [-0.25, -0.2) is 13.4 Å². The first kappa shape index (κ1) is 21.7. The highest BCUT2D eigenvalue weighted by Crippen LogP contribution is 2.28. The van der Waals surface area contributed by atoms with E-state index < -0.39 is 10.0 Å². The molecule has 1 amide bonds. The predicted molar refractivity (Wildman–Crippen MR) is 123 cm³/mol. The van der Waals surface area contributed by atoms with Crippen molar-refractivity contribution in [1.82, 2.24) is 14.6 Å². The Morgan fingerprint density at radius 2 is 1.68 bits per heavy atom. The smallest absolute Gasteiger partial charge is 0.263 e. The number of aromatic nitrogens is 1. The van der Waals surface area contributed by atoms with Gasteiger partial charge in [0.1, 0.15) is 9.88 Å². The summed E-state index contributed by atoms with van der Waals surface area (Å²) in [6.07, 6.45) is 1.45. The van der Waals surface area contributed by atoms with Gasteiger partial charge in [-0.3, -0.25) is 4.79 Å². The van der Waals surface area contributed by atoms with Gasteiger partial charge in [-0.1, -0.05) is 48.5 Å². The molecule has 1 aliphatic rings. The first-order chi connectivity index (χ1) is 14.9. The van der Waals surface area contributed by atoms with Crippen molar-refractivity contribution in [2.24, 2.45) is 5.92 Å². The van der Waals surface area contributed by atoms with Crippen LogP contribution in [0.5, 0.6) is 0 Å². The van der Waals surface area contributed by atoms with E-state index in [9.17, 15) is 13.2 Å². The van der Waals surface area contributed by atoms with E-state index in [-0.39, 0.29) is 11.8 Å². The highest BCUT2D eigenvalue weighted by Gasteiger charge is 2.29. The number of thiazole rings is 1. The van der Waals surface area contributed by atoms with Crippen molar-refractivity contribution in [3.05, 3.63) is 71.2 Å². The Labute approximate surface area is 187 Å². The predicted octanol–water partition coefficient (Wildman–Crippen LogP) is 3.95. The number of benzene rings is 2. The summed E-state index contributed by atoms with van der Waals surface area (Å²) in [7, 11) is -3.45. The van der Waals surface area contributed by atoms with Gasteiger partial charge in [0.05, 0.1) is 10.6 Å². The fourth-order valence-corrected chi connectivity index (χ4v) is 6.20. The molecule has 1 fully saturated rings. The van der Waals surface area contributed by atoms with Crippen LogP contribution >= 0.6 is 11.3 Å². The summed E-state index contributed by atoms with van der Waals surface area (Å²) in [6, 6.07) is 18.4. The van der Waals surface area contributed by atoms with Crippen LogP contribution in [0.3, 0.4) is 0 Å². The third-order valence-corrected chi connectivity index (χ3v) is 8.65. The Kier molecular flexibility index (Phi) is 6.50. The Morgan fingerprint density at radius 3 is 2.32 bits per heavy atom. The van der Waals surface area contributed by atoms with E-state index in [1.54, 1.807) is 28.6 Å². The lowest BCUT2D eigenvalue weighted by molar-refractivity contribution is 0.0944. The van der Waals surface area contributed by atoms with Gasteiger partial charge in [0.15, 0.2) is 0 Å². The van der Waals surface area contributed by atoms with Gasteiger partial charge in [0, 0.05) is 25.2 Å². The summed E-state index contributed by atoms with van der Waals surface area (Å²) in [6.45, 7) is 3.33. The molecule has 2 heterocycles. The number of nitrogens with one attached hydrogen (secondary N) is 1. The number of hydrogen-bond acceptors (Lipinski definition) is 5. The van der Waals surface area contributed by atoms with Gasteiger partial charge in [-0.15, -0.1) is 11.3 Å². The fourth-order valence-electron chi connectivity index (χ4n) is 3.72. The summed E-state index contributed by atoms with van der Waals surface area (Å²) in [5, 5.41) is 3.86. The van der Waals surface area contributed by atoms with Gasteiger partial charge >= 0.3 is 0 Å². The minimum absolute atomic E-state index is 0.114. The van der Waals surface area contributed by atoms with E-state index in [0.717, 1.165) is 29.1 Å². The average molecular weight is 456 g/mol. The summed E-state index contributed by atoms with van der Waals surface area (Å²) in [5.74, 6) is 0.143. The van der Waals surface area contributed by atoms with Gasteiger partial charge in [-0.2, -0.15) is 4.31 Å². The van der Waals surface area contributed by atoms with E-state index in [1.807, 2.05) is 43.3 Å². The lowest BCUT2D eigenvalue weighted by Crippen LogP contribution is -2.41. The molecule has 0 unspecified atom stereocenters. The Bertz CT molecular complexity index is 1140. The SMILES string of the molecule is Cc1nc(-c2ccccc2)sc1C(=O)NCC1CCN(S(=O)(=O)c2ccccc2)CC1. The lowest BCUT2D eigenvalue weighted by Gasteiger charge is -2.31. The maximum atomic E-state index is 12.8. The van der Waals surface area contributed by atoms with Crippen LogP contribution in [0.1, 0.15) is 28.2 Å². The molecule has 0 radical (unpaired) electrons. The molecule has 4 rings (SSSR count). The summed E-state index contributed by atoms with van der Waals surface area (Å²) in [4.78, 5) is 18.2. The van der Waals surface area contributed by atoms with Crippen molar-refractivity contribution in [2.75, 3.05) is 19.6 Å². The number of hydrogen-bond donors (Lipinski definition) is 1. The zero-order valence-electron chi connectivity index (χ0n) is 17.3. The zero-order valence-corrected chi connectivity index (χ0v) is 19.0. The third kappa shape index (κ3) is 4.87. The summed E-state index contributed by atoms with van der Waals surface area (Å²) in [5.41, 5.74) is 1.73. The third-order valence-electron chi connectivity index (χ3n) is 5.53. The normalized spacial score (nSPS) is 15.6. The maximum absolute atomic E-state index is 12.8. The largest absolute Gasteiger partial charge is 0.351 e. The van der Waals surface area contributed by atoms with E-state index >= 15 is 0 Å². The molecule has 1 N–H and O–H groups in total. The number of nitrogens with zero attached hydrogens (tertiary/aromatic N) is 2. The van der Waals surface area contributed by atoms with Gasteiger partial charge in [0.2, 0.25) is 10.0 Å². The molecular formula is C23H25N3O3S2. The number of aryl methyl sites for hydroxylation is 1. The summed E-state index contributed by atoms with van der Waals surface area (Å²) >= 11 is 1.40. The zero-order chi connectivity index (χ0) is 21.8. The van der Waals surface area contributed by atoms with E-state index in [1.165, 1.54) is 11.3 Å². The average Bonchev–Trinajstić information content (AvgIpc) is 3.20. The second-order valence-electron chi connectivity index (χ2n) is 7.67. The van der Waals surface area contributed by atoms with Crippen LogP contribution in [0.25, 0.3) is 10.6 Å². The molecule has 162 valence electrons. The standard InChI is InChI=1S/C23H25N3O3S2/c1-17-21(30-23(25-17)19-8-4-2-5-9-19)22(27)24-16-18-12-14-26(15-13-18)31(28,29)20-10-6-3-7-11-20/h2-11,18H,12-16H2,1H3,(H,24,27). The highest BCUT2D eigenvalue weighted by atomic mass is 32.2. The Morgan fingerprint density at radius 1 is 1.06 bits per heavy atom. The fraction of sp³-hybridized carbons (Fsp3) is 0.304. The molecule has 6 nitrogen and oxygen atoms in total. The van der Waals surface area contributed by atoms with Crippen LogP contribution in [0.2, 0.25) is 0 Å². The second-order valence-corrected chi connectivity index (χ2v) is 10.6. The van der Waals surface area contributed by atoms with Crippen molar-refractivity contribution in [3.63, 3.8) is 0 Å². The van der Waals surface area contributed by atoms with E-state index in [4.69, 9.17) is 0 Å². The minimum atomic E-state index is -3.45. The van der Waals surface area contributed by atoms with Crippen molar-refractivity contribution < 1.29 is 13.2 Å². The monoisotopic (exact) mass is 455 g/mol. The first-order valence-electron chi connectivity index (χ1n) is 10.3. The van der Waals surface area contributed by atoms with Crippen molar-refractivity contribution >= 4 is 27.3 Å². The molecule has 0 spiro atoms. The van der Waals surface area contributed by atoms with Gasteiger partial charge in [-0.05, 0) is 37.8 Å². The number of carbonyl (C=O) groups is 1. The molecule has 8 heteroatoms. The van der Waals surface area contributed by atoms with E-state index in [0.29, 0.717) is 29.4 Å². The molecule has 1 aliphatic heterocycles. The second kappa shape index (κ2) is 9.30. The molecule has 1 saturated heterocycles. The van der Waals surface area contributed by atoms with Crippen LogP contribution in [0.4, 0.5) is 0 Å². The van der Waals surface area contributed by atoms with Crippen LogP contribution in [-0.2, 0) is 10.0 Å². The maximum Gasteiger partial charge on any atom is 0.263 e. The number of piperidine rings is 1. The molecule has 31 heavy (non-hydrogen) atoms. The molecule has 0 bridgehead atoms. The molecule has 0 saturated carbocycles. The van der Waals surface area contributed by atoms with Crippen molar-refractivity contribution in [1.29, 1.82) is 0 Å². The number of amides is 1. The van der Waals surface area contributed by atoms with E-state index in [2.05, 4.69) is 10.3 Å². The van der Waals surface area contributed by atoms with Crippen LogP contribution in [-0.4, -0.2) is 43.2 Å². The van der Waals surface area contributed by atoms with Gasteiger partial charge < -0.3 is 5.32 Å². The molecular weight excluding hydrogens is 430 g/mol. The number of carbonyl (C=O) groups excluding carboxylic acids is 1. The minimum Gasteiger partial charge on any atom is -0.351 e. The molecule has 3 aromatic rings. The quantitative estimate of drug-likeness (QED) is 0.610. The molecule has 1 aromatic heterocycles. The molecule has 0 aliphatic carbocycles. The Balaban J connectivity index is 1.32. The lowest BCUT2D eigenvalue weighted by atomic mass is 9.98. The Hall–Kier alpha value is -2.55. The number of rotatable bonds is 6. The number of sulfonamides is 1. The van der Waals surface area contributed by atoms with Crippen molar-refractivity contribution in [3.8, 4) is 10.6 Å². The molecule has 0 atom stereocenters. The van der Waals surface area contributed by atoms with Crippen molar-refractivity contribution in [2.45, 2.75) is 24.7 Å². The first-order valence-corrected chi connectivity index (χ1v) is 12.6. The molecule has 2 aromatic carbocycles. The van der Waals surface area contributed by atoms with Crippen LogP contribution in [0.15, 0.2) is 65.6 Å². The highest BCUT2D eigenvalue weighted by molar-refractivity contribution is 7.89. The van der Waals surface area contributed by atoms with Gasteiger partial charge in [0.25, 0.3) is 5.91 Å². The van der Waals surface area contributed by atoms with Crippen LogP contribution in [0, 0.1) is 12.8 Å². The van der Waals surface area contributed by atoms with Crippen LogP contribution < -0.4 is 5.32 Å². The topological polar surface area (TPSA) is 79.4 Å².